The van der Waals surface area contributed by atoms with Crippen LogP contribution < -0.4 is 26.6 Å². The summed E-state index contributed by atoms with van der Waals surface area (Å²) in [6.45, 7) is 35.0. The number of hydrogen-bond acceptors (Lipinski definition) is 10. The van der Waals surface area contributed by atoms with E-state index in [2.05, 4.69) is 101 Å². The van der Waals surface area contributed by atoms with Gasteiger partial charge < -0.3 is 26.6 Å². The van der Waals surface area contributed by atoms with Crippen LogP contribution in [-0.2, 0) is 27.8 Å². The second-order valence-corrected chi connectivity index (χ2v) is 23.5. The van der Waals surface area contributed by atoms with Crippen LogP contribution in [0.15, 0.2) is 115 Å². The van der Waals surface area contributed by atoms with Crippen molar-refractivity contribution in [3.05, 3.63) is 158 Å². The third-order valence-corrected chi connectivity index (χ3v) is 14.9. The van der Waals surface area contributed by atoms with Crippen molar-refractivity contribution in [1.29, 1.82) is 0 Å². The first-order chi connectivity index (χ1) is 37.8. The molecular formula is C68H99N7O4S. The third-order valence-electron chi connectivity index (χ3n) is 13.7. The number of nitrogens with zero attached hydrogens (tertiary/aromatic N) is 3. The van der Waals surface area contributed by atoms with Gasteiger partial charge in [-0.1, -0.05) is 165 Å². The number of nitrogens with two attached hydrogens (primary N) is 1. The molecule has 0 radical (unpaired) electrons. The Morgan fingerprint density at radius 2 is 1.46 bits per heavy atom. The molecule has 7 rings (SSSR count). The van der Waals surface area contributed by atoms with Gasteiger partial charge in [-0.3, -0.25) is 19.2 Å². The maximum atomic E-state index is 13.0. The summed E-state index contributed by atoms with van der Waals surface area (Å²) in [7, 11) is 3.94. The zero-order valence-electron chi connectivity index (χ0n) is 52.3. The summed E-state index contributed by atoms with van der Waals surface area (Å²) >= 11 is 1.61. The van der Waals surface area contributed by atoms with Gasteiger partial charge in [-0.2, -0.15) is 0 Å². The number of benzene rings is 2. The van der Waals surface area contributed by atoms with E-state index < -0.39 is 0 Å². The van der Waals surface area contributed by atoms with Gasteiger partial charge in [0.2, 0.25) is 5.91 Å². The number of aromatic nitrogens is 2. The number of carbonyl (C=O) groups is 4. The van der Waals surface area contributed by atoms with Gasteiger partial charge in [0, 0.05) is 49.3 Å². The Morgan fingerprint density at radius 1 is 0.863 bits per heavy atom. The van der Waals surface area contributed by atoms with Crippen molar-refractivity contribution in [3.8, 4) is 0 Å². The number of nitrogens with one attached hydrogen (secondary N) is 3. The lowest BCUT2D eigenvalue weighted by Gasteiger charge is -2.19. The molecule has 11 nitrogen and oxygen atoms in total. The van der Waals surface area contributed by atoms with Gasteiger partial charge in [0.25, 0.3) is 5.91 Å². The number of Topliss-reactive ketones (excluding diaryl/α,β-unsaturated/α-hetero) is 2. The summed E-state index contributed by atoms with van der Waals surface area (Å²) in [6, 6.07) is 23.0. The van der Waals surface area contributed by atoms with Crippen LogP contribution >= 0.6 is 11.3 Å². The molecule has 2 aromatic carbocycles. The first-order valence-electron chi connectivity index (χ1n) is 29.0. The van der Waals surface area contributed by atoms with Gasteiger partial charge in [0.1, 0.15) is 11.6 Å². The number of carbonyl (C=O) groups excluding carboxylic acids is 4. The molecule has 2 aliphatic rings. The van der Waals surface area contributed by atoms with E-state index >= 15 is 0 Å². The molecule has 80 heavy (non-hydrogen) atoms. The quantitative estimate of drug-likeness (QED) is 0.0591. The Kier molecular flexibility index (Phi) is 29.9. The Bertz CT molecular complexity index is 2780. The van der Waals surface area contributed by atoms with E-state index in [9.17, 15) is 19.2 Å². The maximum absolute atomic E-state index is 13.0. The summed E-state index contributed by atoms with van der Waals surface area (Å²) in [5, 5.41) is 9.37. The smallest absolute Gasteiger partial charge is 0.265 e. The number of aryl methyl sites for hydroxylation is 3. The van der Waals surface area contributed by atoms with Gasteiger partial charge in [-0.25, -0.2) is 9.97 Å². The lowest BCUT2D eigenvalue weighted by Crippen LogP contribution is -2.21. The molecule has 2 aliphatic carbocycles. The molecule has 0 bridgehead atoms. The summed E-state index contributed by atoms with van der Waals surface area (Å²) in [5.41, 5.74) is 15.0. The fourth-order valence-electron chi connectivity index (χ4n) is 8.61. The second-order valence-electron chi connectivity index (χ2n) is 22.4. The van der Waals surface area contributed by atoms with E-state index in [1.807, 2.05) is 133 Å². The van der Waals surface area contributed by atoms with E-state index in [-0.39, 0.29) is 40.1 Å². The molecule has 0 fully saturated rings. The summed E-state index contributed by atoms with van der Waals surface area (Å²) in [5.74, 6) is 1.92. The normalized spacial score (nSPS) is 14.3. The molecule has 1 atom stereocenters. The highest BCUT2D eigenvalue weighted by Crippen LogP contribution is 2.38. The topological polar surface area (TPSA) is 159 Å². The number of rotatable bonds is 15. The van der Waals surface area contributed by atoms with Gasteiger partial charge in [-0.05, 0) is 145 Å². The molecule has 0 saturated heterocycles. The number of primary amides is 1. The first kappa shape index (κ1) is 69.4. The van der Waals surface area contributed by atoms with Gasteiger partial charge in [-0.15, -0.1) is 11.3 Å². The van der Waals surface area contributed by atoms with Crippen LogP contribution in [0.4, 0.5) is 23.0 Å². The predicted octanol–water partition coefficient (Wildman–Crippen LogP) is 17.3. The molecule has 1 unspecified atom stereocenters. The van der Waals surface area contributed by atoms with E-state index in [1.165, 1.54) is 67.9 Å². The Morgan fingerprint density at radius 3 is 1.94 bits per heavy atom. The average Bonchev–Trinajstić information content (AvgIpc) is 3.95. The number of fused-ring (bicyclic) bond motifs is 1. The van der Waals surface area contributed by atoms with Gasteiger partial charge >= 0.3 is 0 Å². The zero-order valence-corrected chi connectivity index (χ0v) is 53.1. The van der Waals surface area contributed by atoms with Crippen LogP contribution in [0, 0.1) is 31.1 Å². The van der Waals surface area contributed by atoms with Crippen molar-refractivity contribution in [3.63, 3.8) is 0 Å². The average molecular weight is 1110 g/mol. The van der Waals surface area contributed by atoms with Crippen LogP contribution in [0.5, 0.6) is 0 Å². The molecular weight excluding hydrogens is 1010 g/mol. The van der Waals surface area contributed by atoms with E-state index in [4.69, 9.17) is 5.73 Å². The highest BCUT2D eigenvalue weighted by atomic mass is 32.1. The highest BCUT2D eigenvalue weighted by Gasteiger charge is 2.38. The van der Waals surface area contributed by atoms with Crippen molar-refractivity contribution < 1.29 is 19.2 Å². The minimum Gasteiger partial charge on any atom is -0.376 e. The minimum absolute atomic E-state index is 0.0102. The number of amides is 2. The highest BCUT2D eigenvalue weighted by molar-refractivity contribution is 7.14. The number of hydrogen-bond donors (Lipinski definition) is 4. The minimum atomic E-state index is -0.375. The fourth-order valence-corrected chi connectivity index (χ4v) is 9.76. The molecule has 5 N–H and O–H groups in total. The van der Waals surface area contributed by atoms with Crippen LogP contribution in [0.25, 0.3) is 5.57 Å². The predicted molar refractivity (Wildman–Crippen MR) is 343 cm³/mol. The maximum Gasteiger partial charge on any atom is 0.265 e. The molecule has 3 aromatic heterocycles. The molecule has 0 spiro atoms. The van der Waals surface area contributed by atoms with Crippen molar-refractivity contribution in [2.24, 2.45) is 23.0 Å². The number of thiophene rings is 1. The second kappa shape index (κ2) is 34.5. The number of anilines is 4. The number of pyridine rings is 2. The Balaban J connectivity index is 0.000000406. The van der Waals surface area contributed by atoms with E-state index in [0.717, 1.165) is 57.3 Å². The van der Waals surface area contributed by atoms with Crippen LogP contribution in [-0.4, -0.2) is 47.4 Å². The lowest BCUT2D eigenvalue weighted by molar-refractivity contribution is -0.119. The third kappa shape index (κ3) is 22.5. The van der Waals surface area contributed by atoms with Crippen molar-refractivity contribution >= 4 is 63.3 Å². The molecule has 2 amide bonds. The molecule has 0 aliphatic heterocycles. The first-order valence-corrected chi connectivity index (χ1v) is 29.8. The van der Waals surface area contributed by atoms with Gasteiger partial charge in [0.05, 0.1) is 28.2 Å². The lowest BCUT2D eigenvalue weighted by atomic mass is 9.83. The molecule has 12 heteroatoms. The molecule has 3 heterocycles. The summed E-state index contributed by atoms with van der Waals surface area (Å²) in [4.78, 5) is 61.1. The summed E-state index contributed by atoms with van der Waals surface area (Å²) < 4.78 is 0. The van der Waals surface area contributed by atoms with Crippen molar-refractivity contribution in [2.75, 3.05) is 34.9 Å². The summed E-state index contributed by atoms with van der Waals surface area (Å²) in [6.07, 6.45) is 20.7. The van der Waals surface area contributed by atoms with E-state index in [1.54, 1.807) is 35.9 Å². The number of ketones is 2. The van der Waals surface area contributed by atoms with Gasteiger partial charge in [0.15, 0.2) is 11.6 Å². The molecule has 5 aromatic rings. The van der Waals surface area contributed by atoms with Crippen LogP contribution in [0.3, 0.4) is 0 Å². The molecule has 0 saturated carbocycles. The Labute approximate surface area is 486 Å². The standard InChI is InChI=1S/C29H31N3O2S.C15H21N3O.C11H15NO.C8H18.C3H8.C2H6/c1-5-21(15-25(20(4)33)31-28-14-13-18(2)17-30-28)23-10-8-11-24(19(23)3)32-29(34)27-16-22-9-6-7-12-26(22)35-27;1-10-14(19)12(8-15(10,2)3)17-13-7-6-11(9-16-13)18(4)5;1-11(2,3)9-6-4-8(5-7-9)10(12)13;1-4-6-8(3)7-5-2;1-3-2;1-2/h5,8,10-11,13-17H,6-7,9,12H2,1-4H3,(H,30,31)(H,32,34);6-10H,1-5H3,(H,16,17);4-7H,1-3H3,(H2,12,13);8H,4-7H2,1-3H3;3H2,1-2H3;1-2H3/b21-5+,25-15+;;;;;. The SMILES string of the molecule is C/C=C(\C=C(\Nc1ccc(C)cn1)C(C)=O)c1cccc(NC(=O)c2cc3c(s2)CCCC3)c1C.CC.CC(C)(C)c1ccc(C(N)=O)cc1.CC1C(=O)C(Nc2ccc(N(C)C)cn2)=CC1(C)C.CCC.CCCC(C)CCC. The van der Waals surface area contributed by atoms with Crippen molar-refractivity contribution in [2.45, 2.75) is 181 Å². The van der Waals surface area contributed by atoms with Crippen molar-refractivity contribution in [1.82, 2.24) is 9.97 Å². The zero-order chi connectivity index (χ0) is 60.3. The van der Waals surface area contributed by atoms with E-state index in [0.29, 0.717) is 28.6 Å². The number of allylic oxidation sites excluding steroid dienone is 6. The van der Waals surface area contributed by atoms with Crippen LogP contribution in [0.1, 0.15) is 202 Å². The Hall–Kier alpha value is -6.66. The molecule has 436 valence electrons. The monoisotopic (exact) mass is 1110 g/mol. The van der Waals surface area contributed by atoms with Crippen LogP contribution in [0.2, 0.25) is 0 Å². The fraction of sp³-hybridized carbons (Fsp3) is 0.471. The largest absolute Gasteiger partial charge is 0.376 e.